The van der Waals surface area contributed by atoms with Gasteiger partial charge in [0, 0.05) is 10.6 Å². The van der Waals surface area contributed by atoms with Crippen LogP contribution in [0.1, 0.15) is 17.5 Å². The van der Waals surface area contributed by atoms with E-state index in [-0.39, 0.29) is 18.8 Å². The molecule has 142 valence electrons. The van der Waals surface area contributed by atoms with Gasteiger partial charge < -0.3 is 11.1 Å². The molecule has 3 aromatic rings. The number of hydrogen-bond acceptors (Lipinski definition) is 4. The maximum absolute atomic E-state index is 14.3. The Kier molecular flexibility index (Phi) is 4.60. The quantitative estimate of drug-likeness (QED) is 0.617. The van der Waals surface area contributed by atoms with E-state index in [4.69, 9.17) is 17.3 Å². The van der Waals surface area contributed by atoms with Crippen LogP contribution in [0.2, 0.25) is 5.02 Å². The van der Waals surface area contributed by atoms with Gasteiger partial charge in [0.25, 0.3) is 0 Å². The van der Waals surface area contributed by atoms with Crippen LogP contribution in [0.15, 0.2) is 59.7 Å². The number of benzene rings is 2. The summed E-state index contributed by atoms with van der Waals surface area (Å²) in [7, 11) is 0. The zero-order chi connectivity index (χ0) is 19.7. The van der Waals surface area contributed by atoms with Crippen LogP contribution >= 0.6 is 11.6 Å². The van der Waals surface area contributed by atoms with Crippen LogP contribution in [-0.2, 0) is 10.3 Å². The summed E-state index contributed by atoms with van der Waals surface area (Å²) in [5.74, 6) is -0.330. The Bertz CT molecular complexity index is 1080. The number of nitrogens with one attached hydrogen (secondary N) is 2. The van der Waals surface area contributed by atoms with E-state index in [1.165, 1.54) is 6.07 Å². The third-order valence-electron chi connectivity index (χ3n) is 4.76. The molecule has 4 N–H and O–H groups in total. The van der Waals surface area contributed by atoms with Crippen molar-refractivity contribution in [2.45, 2.75) is 12.0 Å². The van der Waals surface area contributed by atoms with E-state index in [1.807, 2.05) is 12.1 Å². The maximum Gasteiger partial charge on any atom is 0.220 e. The van der Waals surface area contributed by atoms with Crippen molar-refractivity contribution >= 4 is 23.3 Å². The number of halogens is 2. The highest BCUT2D eigenvalue weighted by Gasteiger charge is 2.40. The molecule has 8 heteroatoms. The number of aromatic amines is 1. The van der Waals surface area contributed by atoms with Crippen LogP contribution in [0, 0.1) is 5.82 Å². The van der Waals surface area contributed by atoms with Crippen molar-refractivity contribution in [1.82, 2.24) is 15.5 Å². The van der Waals surface area contributed by atoms with Gasteiger partial charge >= 0.3 is 0 Å². The summed E-state index contributed by atoms with van der Waals surface area (Å²) in [6, 6.07) is 13.6. The fourth-order valence-corrected chi connectivity index (χ4v) is 3.65. The van der Waals surface area contributed by atoms with Crippen LogP contribution in [0.4, 0.5) is 4.39 Å². The second kappa shape index (κ2) is 7.09. The van der Waals surface area contributed by atoms with Gasteiger partial charge in [0.2, 0.25) is 5.91 Å². The highest BCUT2D eigenvalue weighted by molar-refractivity contribution is 6.30. The molecule has 6 nitrogen and oxygen atoms in total. The predicted octanol–water partition coefficient (Wildman–Crippen LogP) is 2.99. The molecule has 28 heavy (non-hydrogen) atoms. The van der Waals surface area contributed by atoms with Crippen molar-refractivity contribution in [3.63, 3.8) is 0 Å². The Labute approximate surface area is 165 Å². The number of carbonyl (C=O) groups excluding carboxylic acids is 1. The van der Waals surface area contributed by atoms with E-state index >= 15 is 0 Å². The molecule has 0 bridgehead atoms. The molecule has 0 fully saturated rings. The van der Waals surface area contributed by atoms with Gasteiger partial charge in [-0.2, -0.15) is 5.10 Å². The largest absolute Gasteiger partial charge is 0.370 e. The van der Waals surface area contributed by atoms with E-state index in [9.17, 15) is 9.18 Å². The molecule has 1 aromatic heterocycles. The van der Waals surface area contributed by atoms with Gasteiger partial charge in [-0.1, -0.05) is 35.9 Å². The number of amides is 1. The van der Waals surface area contributed by atoms with Crippen molar-refractivity contribution in [3.8, 4) is 11.3 Å². The Morgan fingerprint density at radius 2 is 2.04 bits per heavy atom. The molecular weight excluding hydrogens is 381 g/mol. The first-order valence-corrected chi connectivity index (χ1v) is 9.02. The smallest absolute Gasteiger partial charge is 0.220 e. The summed E-state index contributed by atoms with van der Waals surface area (Å²) in [6.45, 7) is 0.285. The Balaban J connectivity index is 1.72. The zero-order valence-corrected chi connectivity index (χ0v) is 15.5. The molecule has 4 rings (SSSR count). The minimum absolute atomic E-state index is 0.0349. The third-order valence-corrected chi connectivity index (χ3v) is 4.99. The summed E-state index contributed by atoms with van der Waals surface area (Å²) in [4.78, 5) is 16.4. The number of aliphatic imine (C=N–C) groups is 1. The summed E-state index contributed by atoms with van der Waals surface area (Å²) in [5.41, 5.74) is 6.98. The lowest BCUT2D eigenvalue weighted by molar-refractivity contribution is -0.119. The number of aromatic nitrogens is 2. The number of primary amides is 1. The summed E-state index contributed by atoms with van der Waals surface area (Å²) in [5, 5.41) is 10.8. The minimum atomic E-state index is -0.824. The van der Waals surface area contributed by atoms with E-state index in [1.54, 1.807) is 36.5 Å². The van der Waals surface area contributed by atoms with Crippen molar-refractivity contribution < 1.29 is 9.18 Å². The van der Waals surface area contributed by atoms with E-state index < -0.39 is 11.4 Å². The topological polar surface area (TPSA) is 96.2 Å². The average molecular weight is 398 g/mol. The van der Waals surface area contributed by atoms with Crippen molar-refractivity contribution in [2.75, 3.05) is 6.54 Å². The number of nitrogens with two attached hydrogens (primary N) is 1. The molecule has 2 heterocycles. The van der Waals surface area contributed by atoms with Crippen molar-refractivity contribution in [1.29, 1.82) is 0 Å². The summed E-state index contributed by atoms with van der Waals surface area (Å²) in [6.07, 6.45) is 1.61. The average Bonchev–Trinajstić information content (AvgIpc) is 3.29. The van der Waals surface area contributed by atoms with Gasteiger partial charge in [-0.25, -0.2) is 4.39 Å². The van der Waals surface area contributed by atoms with Crippen molar-refractivity contribution in [3.05, 3.63) is 76.7 Å². The molecule has 1 aliphatic heterocycles. The lowest BCUT2D eigenvalue weighted by atomic mass is 9.87. The number of carbonyl (C=O) groups is 1. The van der Waals surface area contributed by atoms with E-state index in [0.29, 0.717) is 27.7 Å². The van der Waals surface area contributed by atoms with E-state index in [2.05, 4.69) is 20.5 Å². The fourth-order valence-electron chi connectivity index (χ4n) is 3.46. The first kappa shape index (κ1) is 18.2. The molecule has 1 amide bonds. The van der Waals surface area contributed by atoms with E-state index in [0.717, 1.165) is 5.56 Å². The number of amidine groups is 1. The molecule has 1 aliphatic rings. The third kappa shape index (κ3) is 3.25. The highest BCUT2D eigenvalue weighted by atomic mass is 35.5. The Morgan fingerprint density at radius 1 is 1.21 bits per heavy atom. The lowest BCUT2D eigenvalue weighted by Crippen LogP contribution is -2.46. The first-order valence-electron chi connectivity index (χ1n) is 8.64. The Morgan fingerprint density at radius 3 is 2.79 bits per heavy atom. The number of H-pyrrole nitrogens is 1. The second-order valence-electron chi connectivity index (χ2n) is 6.66. The zero-order valence-electron chi connectivity index (χ0n) is 14.7. The van der Waals surface area contributed by atoms with Gasteiger partial charge in [0.15, 0.2) is 0 Å². The molecule has 0 spiro atoms. The van der Waals surface area contributed by atoms with Gasteiger partial charge in [-0.05, 0) is 29.8 Å². The van der Waals surface area contributed by atoms with Gasteiger partial charge in [0.05, 0.1) is 36.0 Å². The van der Waals surface area contributed by atoms with Crippen molar-refractivity contribution in [2.24, 2.45) is 10.7 Å². The monoisotopic (exact) mass is 397 g/mol. The molecule has 1 atom stereocenters. The van der Waals surface area contributed by atoms with Crippen LogP contribution in [0.3, 0.4) is 0 Å². The number of rotatable bonds is 5. The minimum Gasteiger partial charge on any atom is -0.370 e. The highest BCUT2D eigenvalue weighted by Crippen LogP contribution is 2.33. The normalized spacial score (nSPS) is 18.6. The Hall–Kier alpha value is -3.19. The first-order chi connectivity index (χ1) is 13.5. The van der Waals surface area contributed by atoms with Crippen LogP contribution in [0.25, 0.3) is 11.3 Å². The molecule has 0 saturated carbocycles. The maximum atomic E-state index is 14.3. The second-order valence-corrected chi connectivity index (χ2v) is 7.10. The van der Waals surface area contributed by atoms with Gasteiger partial charge in [-0.3, -0.25) is 14.9 Å². The molecule has 0 saturated heterocycles. The van der Waals surface area contributed by atoms with Crippen LogP contribution < -0.4 is 11.1 Å². The standard InChI is InChI=1S/C20H17ClFN5O/c21-13-5-3-4-12(8-13)20(9-17(23)28)11-24-19(26-20)15-10-25-27-18(15)14-6-1-2-7-16(14)22/h1-8,10H,9,11H2,(H2,23,28)(H,24,26)(H,25,27)/t20-/m0/s1. The lowest BCUT2D eigenvalue weighted by Gasteiger charge is -2.29. The number of nitrogens with zero attached hydrogens (tertiary/aromatic N) is 2. The summed E-state index contributed by atoms with van der Waals surface area (Å²) < 4.78 is 14.3. The molecule has 0 radical (unpaired) electrons. The predicted molar refractivity (Wildman–Crippen MR) is 105 cm³/mol. The van der Waals surface area contributed by atoms with Crippen LogP contribution in [-0.4, -0.2) is 28.5 Å². The fraction of sp³-hybridized carbons (Fsp3) is 0.150. The number of hydrogen-bond donors (Lipinski definition) is 3. The molecular formula is C20H17ClFN5O. The molecule has 0 unspecified atom stereocenters. The molecule has 0 aliphatic carbocycles. The molecule has 2 aromatic carbocycles. The SMILES string of the molecule is NC(=O)C[C@@]1(c2cccc(Cl)c2)CN=C(c2cn[nH]c2-c2ccccc2F)N1. The summed E-state index contributed by atoms with van der Waals surface area (Å²) >= 11 is 6.14. The van der Waals surface area contributed by atoms with Crippen LogP contribution in [0.5, 0.6) is 0 Å². The van der Waals surface area contributed by atoms with Gasteiger partial charge in [-0.15, -0.1) is 0 Å². The van der Waals surface area contributed by atoms with Gasteiger partial charge in [0.1, 0.15) is 11.7 Å².